The van der Waals surface area contributed by atoms with Gasteiger partial charge >= 0.3 is 0 Å². The zero-order chi connectivity index (χ0) is 18.6. The Hall–Kier alpha value is -2.78. The van der Waals surface area contributed by atoms with Gasteiger partial charge in [-0.05, 0) is 52.9 Å². The second-order valence-corrected chi connectivity index (χ2v) is 7.31. The minimum atomic E-state index is -0.331. The Balaban J connectivity index is 1.47. The second-order valence-electron chi connectivity index (χ2n) is 5.51. The molecule has 0 atom stereocenters. The first-order valence-corrected chi connectivity index (χ1v) is 9.85. The Morgan fingerprint density at radius 2 is 2.04 bits per heavy atom. The van der Waals surface area contributed by atoms with Gasteiger partial charge in [0.05, 0.1) is 18.5 Å². The molecule has 4 rings (SSSR count). The van der Waals surface area contributed by atoms with Crippen LogP contribution in [0.2, 0.25) is 0 Å². The maximum atomic E-state index is 13.4. The number of benzene rings is 2. The standard InChI is InChI=1S/C18H14FN5OS2/c1-25-16-7-5-12(6-8-16)17-20-14(10-26-17)11-27-18-21-22-23-24(18)15-4-2-3-13(19)9-15/h2-10H,11H2,1H3. The highest BCUT2D eigenvalue weighted by molar-refractivity contribution is 7.98. The van der Waals surface area contributed by atoms with Gasteiger partial charge < -0.3 is 4.74 Å². The van der Waals surface area contributed by atoms with Crippen molar-refractivity contribution in [3.8, 4) is 22.0 Å². The average Bonchev–Trinajstić information content (AvgIpc) is 3.36. The molecule has 0 N–H and O–H groups in total. The summed E-state index contributed by atoms with van der Waals surface area (Å²) in [5.41, 5.74) is 2.56. The van der Waals surface area contributed by atoms with E-state index >= 15 is 0 Å². The molecular formula is C18H14FN5OS2. The molecule has 136 valence electrons. The van der Waals surface area contributed by atoms with Crippen LogP contribution in [0.15, 0.2) is 59.1 Å². The molecule has 2 aromatic heterocycles. The number of aromatic nitrogens is 5. The predicted octanol–water partition coefficient (Wildman–Crippen LogP) is 4.23. The van der Waals surface area contributed by atoms with Crippen LogP contribution in [-0.4, -0.2) is 32.3 Å². The molecule has 2 heterocycles. The molecule has 0 saturated carbocycles. The number of tetrazole rings is 1. The molecule has 6 nitrogen and oxygen atoms in total. The zero-order valence-corrected chi connectivity index (χ0v) is 15.9. The Morgan fingerprint density at radius 1 is 1.19 bits per heavy atom. The molecule has 0 bridgehead atoms. The third-order valence-corrected chi connectivity index (χ3v) is 5.62. The van der Waals surface area contributed by atoms with E-state index in [0.29, 0.717) is 16.6 Å². The fourth-order valence-electron chi connectivity index (χ4n) is 2.42. The molecule has 0 unspecified atom stereocenters. The maximum absolute atomic E-state index is 13.4. The summed E-state index contributed by atoms with van der Waals surface area (Å²) < 4.78 is 20.1. The number of thiazole rings is 1. The van der Waals surface area contributed by atoms with E-state index in [2.05, 4.69) is 20.5 Å². The number of ether oxygens (including phenoxy) is 1. The minimum Gasteiger partial charge on any atom is -0.497 e. The van der Waals surface area contributed by atoms with E-state index in [9.17, 15) is 4.39 Å². The normalized spacial score (nSPS) is 10.9. The monoisotopic (exact) mass is 399 g/mol. The van der Waals surface area contributed by atoms with Gasteiger partial charge in [0.25, 0.3) is 0 Å². The first-order valence-electron chi connectivity index (χ1n) is 7.99. The van der Waals surface area contributed by atoms with Gasteiger partial charge in [0.2, 0.25) is 5.16 Å². The number of hydrogen-bond donors (Lipinski definition) is 0. The first kappa shape index (κ1) is 17.6. The Bertz CT molecular complexity index is 1050. The summed E-state index contributed by atoms with van der Waals surface area (Å²) in [6.45, 7) is 0. The largest absolute Gasteiger partial charge is 0.497 e. The number of nitrogens with zero attached hydrogens (tertiary/aromatic N) is 5. The minimum absolute atomic E-state index is 0.331. The highest BCUT2D eigenvalue weighted by Gasteiger charge is 2.12. The molecule has 0 spiro atoms. The molecular weight excluding hydrogens is 385 g/mol. The van der Waals surface area contributed by atoms with Crippen molar-refractivity contribution in [1.29, 1.82) is 0 Å². The van der Waals surface area contributed by atoms with Crippen LogP contribution in [0.4, 0.5) is 4.39 Å². The number of hydrogen-bond acceptors (Lipinski definition) is 7. The summed E-state index contributed by atoms with van der Waals surface area (Å²) in [5, 5.41) is 15.2. The van der Waals surface area contributed by atoms with E-state index in [1.54, 1.807) is 30.6 Å². The third-order valence-electron chi connectivity index (χ3n) is 3.73. The third kappa shape index (κ3) is 3.99. The molecule has 0 saturated heterocycles. The van der Waals surface area contributed by atoms with Crippen molar-refractivity contribution in [3.63, 3.8) is 0 Å². The quantitative estimate of drug-likeness (QED) is 0.452. The predicted molar refractivity (Wildman–Crippen MR) is 103 cm³/mol. The molecule has 9 heteroatoms. The lowest BCUT2D eigenvalue weighted by atomic mass is 10.2. The van der Waals surface area contributed by atoms with Crippen molar-refractivity contribution >= 4 is 23.1 Å². The number of rotatable bonds is 6. The molecule has 0 aliphatic rings. The van der Waals surface area contributed by atoms with Crippen LogP contribution in [0.25, 0.3) is 16.3 Å². The number of thioether (sulfide) groups is 1. The van der Waals surface area contributed by atoms with Crippen LogP contribution >= 0.6 is 23.1 Å². The molecule has 0 aliphatic carbocycles. The summed E-state index contributed by atoms with van der Waals surface area (Å²) in [7, 11) is 1.64. The molecule has 27 heavy (non-hydrogen) atoms. The van der Waals surface area contributed by atoms with Crippen LogP contribution in [-0.2, 0) is 5.75 Å². The Labute approximate surface area is 163 Å². The molecule has 2 aromatic carbocycles. The molecule has 4 aromatic rings. The lowest BCUT2D eigenvalue weighted by molar-refractivity contribution is 0.415. The molecule has 0 amide bonds. The summed E-state index contributed by atoms with van der Waals surface area (Å²) in [4.78, 5) is 4.67. The summed E-state index contributed by atoms with van der Waals surface area (Å²) >= 11 is 3.03. The number of halogens is 1. The van der Waals surface area contributed by atoms with E-state index in [1.807, 2.05) is 29.6 Å². The SMILES string of the molecule is COc1ccc(-c2nc(CSc3nnnn3-c3cccc(F)c3)cs2)cc1. The van der Waals surface area contributed by atoms with Gasteiger partial charge in [-0.3, -0.25) is 0 Å². The van der Waals surface area contributed by atoms with Crippen molar-refractivity contribution in [1.82, 2.24) is 25.2 Å². The van der Waals surface area contributed by atoms with Crippen LogP contribution in [0.5, 0.6) is 5.75 Å². The van der Waals surface area contributed by atoms with E-state index in [-0.39, 0.29) is 5.82 Å². The molecule has 0 aliphatic heterocycles. The van der Waals surface area contributed by atoms with E-state index in [0.717, 1.165) is 22.0 Å². The van der Waals surface area contributed by atoms with Crippen molar-refractivity contribution in [2.24, 2.45) is 0 Å². The lowest BCUT2D eigenvalue weighted by Crippen LogP contribution is -1.99. The van der Waals surface area contributed by atoms with Crippen LogP contribution in [0.1, 0.15) is 5.69 Å². The van der Waals surface area contributed by atoms with Gasteiger partial charge in [0.15, 0.2) is 0 Å². The topological polar surface area (TPSA) is 65.7 Å². The Kier molecular flexibility index (Phi) is 5.12. The molecule has 0 fully saturated rings. The zero-order valence-electron chi connectivity index (χ0n) is 14.2. The van der Waals surface area contributed by atoms with E-state index in [4.69, 9.17) is 4.74 Å². The van der Waals surface area contributed by atoms with Gasteiger partial charge in [-0.2, -0.15) is 4.68 Å². The summed E-state index contributed by atoms with van der Waals surface area (Å²) in [6.07, 6.45) is 0. The van der Waals surface area contributed by atoms with Crippen molar-refractivity contribution in [2.75, 3.05) is 7.11 Å². The number of methoxy groups -OCH3 is 1. The fraction of sp³-hybridized carbons (Fsp3) is 0.111. The smallest absolute Gasteiger partial charge is 0.214 e. The van der Waals surface area contributed by atoms with Crippen LogP contribution < -0.4 is 4.74 Å². The van der Waals surface area contributed by atoms with Gasteiger partial charge in [-0.25, -0.2) is 9.37 Å². The van der Waals surface area contributed by atoms with Crippen molar-refractivity contribution in [2.45, 2.75) is 10.9 Å². The van der Waals surface area contributed by atoms with Gasteiger partial charge in [-0.1, -0.05) is 17.8 Å². The van der Waals surface area contributed by atoms with Crippen LogP contribution in [0.3, 0.4) is 0 Å². The van der Waals surface area contributed by atoms with E-state index in [1.165, 1.54) is 28.6 Å². The van der Waals surface area contributed by atoms with Gasteiger partial charge in [-0.15, -0.1) is 16.4 Å². The maximum Gasteiger partial charge on any atom is 0.214 e. The first-order chi connectivity index (χ1) is 13.2. The lowest BCUT2D eigenvalue weighted by Gasteiger charge is -2.03. The van der Waals surface area contributed by atoms with Crippen molar-refractivity contribution in [3.05, 3.63) is 65.4 Å². The average molecular weight is 399 g/mol. The highest BCUT2D eigenvalue weighted by Crippen LogP contribution is 2.28. The fourth-order valence-corrected chi connectivity index (χ4v) is 4.13. The van der Waals surface area contributed by atoms with Gasteiger partial charge in [0, 0.05) is 16.7 Å². The van der Waals surface area contributed by atoms with Crippen LogP contribution in [0, 0.1) is 5.82 Å². The Morgan fingerprint density at radius 3 is 2.81 bits per heavy atom. The van der Waals surface area contributed by atoms with Crippen molar-refractivity contribution < 1.29 is 9.13 Å². The van der Waals surface area contributed by atoms with Gasteiger partial charge in [0.1, 0.15) is 16.6 Å². The highest BCUT2D eigenvalue weighted by atomic mass is 32.2. The second kappa shape index (κ2) is 7.85. The summed E-state index contributed by atoms with van der Waals surface area (Å²) in [5.74, 6) is 1.10. The summed E-state index contributed by atoms with van der Waals surface area (Å²) in [6, 6.07) is 14.0. The molecule has 0 radical (unpaired) electrons. The van der Waals surface area contributed by atoms with E-state index < -0.39 is 0 Å².